The molecule has 0 aromatic heterocycles. The van der Waals surface area contributed by atoms with E-state index >= 15 is 0 Å². The van der Waals surface area contributed by atoms with Crippen LogP contribution in [0.1, 0.15) is 33.6 Å². The number of ether oxygens (including phenoxy) is 1. The molecule has 2 saturated heterocycles. The van der Waals surface area contributed by atoms with Gasteiger partial charge in [0.15, 0.2) is 0 Å². The minimum Gasteiger partial charge on any atom is -0.444 e. The monoisotopic (exact) mass is 464 g/mol. The van der Waals surface area contributed by atoms with Crippen LogP contribution in [0.5, 0.6) is 0 Å². The Hall–Kier alpha value is -3.55. The lowest BCUT2D eigenvalue weighted by Crippen LogP contribution is -2.57. The van der Waals surface area contributed by atoms with E-state index in [9.17, 15) is 14.4 Å². The summed E-state index contributed by atoms with van der Waals surface area (Å²) in [5, 5.41) is 2.86. The summed E-state index contributed by atoms with van der Waals surface area (Å²) in [5.41, 5.74) is 0.244. The second-order valence-corrected chi connectivity index (χ2v) is 9.82. The van der Waals surface area contributed by atoms with Crippen LogP contribution in [-0.2, 0) is 14.3 Å². The Labute approximate surface area is 200 Å². The second kappa shape index (κ2) is 9.37. The third kappa shape index (κ3) is 5.00. The number of hydrogen-bond acceptors (Lipinski definition) is 5. The number of likely N-dealkylation sites (tertiary alicyclic amines) is 1. The average molecular weight is 465 g/mol. The van der Waals surface area contributed by atoms with Gasteiger partial charge in [-0.1, -0.05) is 36.4 Å². The number of amides is 3. The molecule has 8 nitrogen and oxygen atoms in total. The van der Waals surface area contributed by atoms with Gasteiger partial charge in [0.2, 0.25) is 5.91 Å². The van der Waals surface area contributed by atoms with Gasteiger partial charge in [-0.15, -0.1) is 0 Å². The highest BCUT2D eigenvalue weighted by molar-refractivity contribution is 5.99. The van der Waals surface area contributed by atoms with Crippen LogP contribution in [-0.4, -0.2) is 65.2 Å². The Balaban J connectivity index is 1.51. The Kier molecular flexibility index (Phi) is 6.50. The van der Waals surface area contributed by atoms with Crippen LogP contribution in [0.4, 0.5) is 16.2 Å². The van der Waals surface area contributed by atoms with E-state index < -0.39 is 11.1 Å². The van der Waals surface area contributed by atoms with Crippen LogP contribution in [0.2, 0.25) is 0 Å². The molecule has 2 aliphatic rings. The van der Waals surface area contributed by atoms with E-state index in [1.54, 1.807) is 9.80 Å². The summed E-state index contributed by atoms with van der Waals surface area (Å²) in [4.78, 5) is 44.4. The highest BCUT2D eigenvalue weighted by Gasteiger charge is 2.54. The number of piperidine rings is 1. The van der Waals surface area contributed by atoms with Gasteiger partial charge in [-0.2, -0.15) is 0 Å². The first kappa shape index (κ1) is 23.6. The molecule has 0 saturated carbocycles. The molecule has 2 aromatic carbocycles. The van der Waals surface area contributed by atoms with Crippen LogP contribution >= 0.6 is 0 Å². The van der Waals surface area contributed by atoms with E-state index in [0.717, 1.165) is 5.69 Å². The topological polar surface area (TPSA) is 82.2 Å². The summed E-state index contributed by atoms with van der Waals surface area (Å²) in [6.07, 6.45) is 0.575. The third-order valence-electron chi connectivity index (χ3n) is 6.22. The Morgan fingerprint density at radius 1 is 0.971 bits per heavy atom. The van der Waals surface area contributed by atoms with Crippen molar-refractivity contribution in [2.75, 3.05) is 36.5 Å². The number of para-hydroxylation sites is 2. The summed E-state index contributed by atoms with van der Waals surface area (Å²) in [7, 11) is 0. The molecule has 0 atom stereocenters. The molecule has 34 heavy (non-hydrogen) atoms. The zero-order valence-electron chi connectivity index (χ0n) is 20.0. The SMILES string of the molecule is CC(C)(C)OC(=O)N1CCC2(CC1)C(=O)N(CC(=O)Nc1ccccc1)CN2c1ccccc1. The maximum Gasteiger partial charge on any atom is 0.410 e. The maximum absolute atomic E-state index is 13.7. The second-order valence-electron chi connectivity index (χ2n) is 9.82. The quantitative estimate of drug-likeness (QED) is 0.746. The van der Waals surface area contributed by atoms with Gasteiger partial charge in [0.25, 0.3) is 5.91 Å². The smallest absolute Gasteiger partial charge is 0.410 e. The van der Waals surface area contributed by atoms with Gasteiger partial charge in [-0.3, -0.25) is 9.59 Å². The molecule has 4 rings (SSSR count). The first-order chi connectivity index (χ1) is 16.2. The maximum atomic E-state index is 13.7. The molecule has 0 aliphatic carbocycles. The molecule has 2 heterocycles. The fourth-order valence-electron chi connectivity index (χ4n) is 4.60. The zero-order valence-corrected chi connectivity index (χ0v) is 20.0. The van der Waals surface area contributed by atoms with Gasteiger partial charge < -0.3 is 24.8 Å². The number of carbonyl (C=O) groups excluding carboxylic acids is 3. The van der Waals surface area contributed by atoms with E-state index in [0.29, 0.717) is 38.3 Å². The number of benzene rings is 2. The first-order valence-corrected chi connectivity index (χ1v) is 11.6. The van der Waals surface area contributed by atoms with E-state index in [-0.39, 0.29) is 24.5 Å². The molecule has 0 radical (unpaired) electrons. The molecule has 1 spiro atoms. The van der Waals surface area contributed by atoms with Gasteiger partial charge in [0, 0.05) is 24.5 Å². The van der Waals surface area contributed by atoms with Crippen molar-refractivity contribution in [2.24, 2.45) is 0 Å². The van der Waals surface area contributed by atoms with Gasteiger partial charge >= 0.3 is 6.09 Å². The molecule has 2 aliphatic heterocycles. The van der Waals surface area contributed by atoms with Crippen molar-refractivity contribution in [2.45, 2.75) is 44.8 Å². The summed E-state index contributed by atoms with van der Waals surface area (Å²) < 4.78 is 5.52. The van der Waals surface area contributed by atoms with Crippen molar-refractivity contribution in [3.05, 3.63) is 60.7 Å². The largest absolute Gasteiger partial charge is 0.444 e. The normalized spacial score (nSPS) is 17.7. The molecule has 2 fully saturated rings. The Bertz CT molecular complexity index is 1030. The highest BCUT2D eigenvalue weighted by Crippen LogP contribution is 2.39. The van der Waals surface area contributed by atoms with Crippen LogP contribution in [0.3, 0.4) is 0 Å². The summed E-state index contributed by atoms with van der Waals surface area (Å²) in [6.45, 7) is 6.62. The third-order valence-corrected chi connectivity index (χ3v) is 6.22. The van der Waals surface area contributed by atoms with E-state index in [4.69, 9.17) is 4.74 Å². The summed E-state index contributed by atoms with van der Waals surface area (Å²) in [6, 6.07) is 19.0. The number of anilines is 2. The molecule has 3 amide bonds. The van der Waals surface area contributed by atoms with Gasteiger partial charge in [0.1, 0.15) is 17.7 Å². The Morgan fingerprint density at radius 2 is 1.56 bits per heavy atom. The standard InChI is InChI=1S/C26H32N4O4/c1-25(2,3)34-24(33)28-16-14-26(15-17-28)23(32)29(19-30(26)21-12-8-5-9-13-21)18-22(31)27-20-10-6-4-7-11-20/h4-13H,14-19H2,1-3H3,(H,27,31). The number of rotatable bonds is 4. The van der Waals surface area contributed by atoms with Crippen LogP contribution in [0, 0.1) is 0 Å². The molecular formula is C26H32N4O4. The van der Waals surface area contributed by atoms with Crippen LogP contribution in [0.15, 0.2) is 60.7 Å². The number of carbonyl (C=O) groups is 3. The number of nitrogens with zero attached hydrogens (tertiary/aromatic N) is 3. The minimum absolute atomic E-state index is 0.0331. The van der Waals surface area contributed by atoms with Crippen molar-refractivity contribution in [1.82, 2.24) is 9.80 Å². The first-order valence-electron chi connectivity index (χ1n) is 11.6. The molecule has 0 bridgehead atoms. The predicted molar refractivity (Wildman–Crippen MR) is 130 cm³/mol. The predicted octanol–water partition coefficient (Wildman–Crippen LogP) is 3.70. The lowest BCUT2D eigenvalue weighted by Gasteiger charge is -2.43. The van der Waals surface area contributed by atoms with E-state index in [1.165, 1.54) is 0 Å². The Morgan fingerprint density at radius 3 is 2.15 bits per heavy atom. The van der Waals surface area contributed by atoms with Crippen molar-refractivity contribution in [3.8, 4) is 0 Å². The van der Waals surface area contributed by atoms with Crippen molar-refractivity contribution >= 4 is 29.3 Å². The van der Waals surface area contributed by atoms with Gasteiger partial charge in [-0.05, 0) is 57.9 Å². The van der Waals surface area contributed by atoms with Crippen molar-refractivity contribution in [1.29, 1.82) is 0 Å². The summed E-state index contributed by atoms with van der Waals surface area (Å²) >= 11 is 0. The van der Waals surface area contributed by atoms with Crippen LogP contribution in [0.25, 0.3) is 0 Å². The van der Waals surface area contributed by atoms with Crippen molar-refractivity contribution < 1.29 is 19.1 Å². The van der Waals surface area contributed by atoms with Crippen LogP contribution < -0.4 is 10.2 Å². The number of hydrogen-bond donors (Lipinski definition) is 1. The molecule has 8 heteroatoms. The van der Waals surface area contributed by atoms with E-state index in [2.05, 4.69) is 10.2 Å². The fourth-order valence-corrected chi connectivity index (χ4v) is 4.60. The summed E-state index contributed by atoms with van der Waals surface area (Å²) in [5.74, 6) is -0.320. The van der Waals surface area contributed by atoms with E-state index in [1.807, 2.05) is 81.4 Å². The molecular weight excluding hydrogens is 432 g/mol. The lowest BCUT2D eigenvalue weighted by molar-refractivity contribution is -0.136. The molecule has 2 aromatic rings. The average Bonchev–Trinajstić information content (AvgIpc) is 3.05. The lowest BCUT2D eigenvalue weighted by atomic mass is 9.85. The molecule has 1 N–H and O–H groups in total. The molecule has 0 unspecified atom stereocenters. The van der Waals surface area contributed by atoms with Gasteiger partial charge in [0.05, 0.1) is 6.67 Å². The van der Waals surface area contributed by atoms with Gasteiger partial charge in [-0.25, -0.2) is 4.79 Å². The number of nitrogens with one attached hydrogen (secondary N) is 1. The zero-order chi connectivity index (χ0) is 24.3. The fraction of sp³-hybridized carbons (Fsp3) is 0.423. The highest BCUT2D eigenvalue weighted by atomic mass is 16.6. The van der Waals surface area contributed by atoms with Crippen molar-refractivity contribution in [3.63, 3.8) is 0 Å². The minimum atomic E-state index is -0.799. The molecule has 180 valence electrons.